The Balaban J connectivity index is 1.67. The molecule has 0 radical (unpaired) electrons. The molecule has 1 unspecified atom stereocenters. The van der Waals surface area contributed by atoms with Crippen LogP contribution < -0.4 is 10.1 Å². The summed E-state index contributed by atoms with van der Waals surface area (Å²) in [6.07, 6.45) is -1.04. The molecule has 0 saturated carbocycles. The molecule has 0 saturated heterocycles. The van der Waals surface area contributed by atoms with Crippen molar-refractivity contribution >= 4 is 29.2 Å². The van der Waals surface area contributed by atoms with Gasteiger partial charge in [-0.3, -0.25) is 4.79 Å². The summed E-state index contributed by atoms with van der Waals surface area (Å²) in [5.74, 6) is -0.308. The highest BCUT2D eigenvalue weighted by Gasteiger charge is 2.22. The summed E-state index contributed by atoms with van der Waals surface area (Å²) in [6.45, 7) is 3.37. The summed E-state index contributed by atoms with van der Waals surface area (Å²) >= 11 is 6.15. The molecular formula is C22H20ClNO5. The van der Waals surface area contributed by atoms with Gasteiger partial charge in [0.25, 0.3) is 5.91 Å². The summed E-state index contributed by atoms with van der Waals surface area (Å²) in [5, 5.41) is 3.21. The van der Waals surface area contributed by atoms with E-state index in [0.29, 0.717) is 27.8 Å². The van der Waals surface area contributed by atoms with Crippen LogP contribution in [0.1, 0.15) is 23.0 Å². The maximum atomic E-state index is 12.4. The van der Waals surface area contributed by atoms with Gasteiger partial charge >= 0.3 is 5.97 Å². The maximum absolute atomic E-state index is 12.4. The molecule has 0 aliphatic rings. The predicted molar refractivity (Wildman–Crippen MR) is 110 cm³/mol. The summed E-state index contributed by atoms with van der Waals surface area (Å²) in [7, 11) is 1.51. The van der Waals surface area contributed by atoms with Crippen LogP contribution in [0.2, 0.25) is 5.02 Å². The van der Waals surface area contributed by atoms with Crippen LogP contribution >= 0.6 is 11.6 Å². The van der Waals surface area contributed by atoms with Crippen LogP contribution in [0.15, 0.2) is 59.0 Å². The van der Waals surface area contributed by atoms with Gasteiger partial charge in [0.15, 0.2) is 6.10 Å². The van der Waals surface area contributed by atoms with Crippen molar-refractivity contribution in [2.24, 2.45) is 0 Å². The maximum Gasteiger partial charge on any atom is 0.375 e. The Morgan fingerprint density at radius 2 is 1.86 bits per heavy atom. The Hall–Kier alpha value is -3.25. The molecule has 1 amide bonds. The summed E-state index contributed by atoms with van der Waals surface area (Å²) in [6, 6.07) is 15.6. The predicted octanol–water partition coefficient (Wildman–Crippen LogP) is 5.10. The van der Waals surface area contributed by atoms with Crippen LogP contribution in [0.5, 0.6) is 5.75 Å². The SMILES string of the molecule is COc1ccc(C)cc1NC(=O)C(C)OC(=O)c1ccc(-c2ccccc2Cl)o1. The van der Waals surface area contributed by atoms with Gasteiger partial charge in [0.05, 0.1) is 17.8 Å². The molecule has 7 heteroatoms. The van der Waals surface area contributed by atoms with Gasteiger partial charge in [-0.15, -0.1) is 0 Å². The van der Waals surface area contributed by atoms with Crippen molar-refractivity contribution in [3.8, 4) is 17.1 Å². The van der Waals surface area contributed by atoms with Crippen LogP contribution in [-0.4, -0.2) is 25.1 Å². The molecule has 3 rings (SSSR count). The molecule has 6 nitrogen and oxygen atoms in total. The van der Waals surface area contributed by atoms with Gasteiger partial charge < -0.3 is 19.2 Å². The third-order valence-corrected chi connectivity index (χ3v) is 4.54. The summed E-state index contributed by atoms with van der Waals surface area (Å²) < 4.78 is 16.0. The number of carbonyl (C=O) groups excluding carboxylic acids is 2. The van der Waals surface area contributed by atoms with Crippen molar-refractivity contribution in [1.29, 1.82) is 0 Å². The Kier molecular flexibility index (Phi) is 6.24. The number of halogens is 1. The van der Waals surface area contributed by atoms with Gasteiger partial charge in [-0.2, -0.15) is 0 Å². The number of rotatable bonds is 6. The van der Waals surface area contributed by atoms with E-state index in [1.54, 1.807) is 36.4 Å². The number of carbonyl (C=O) groups is 2. The van der Waals surface area contributed by atoms with Crippen LogP contribution in [0, 0.1) is 6.92 Å². The molecule has 0 aliphatic carbocycles. The molecule has 0 fully saturated rings. The number of amides is 1. The minimum Gasteiger partial charge on any atom is -0.495 e. The van der Waals surface area contributed by atoms with Gasteiger partial charge in [0.2, 0.25) is 5.76 Å². The monoisotopic (exact) mass is 413 g/mol. The minimum absolute atomic E-state index is 0.0206. The number of furan rings is 1. The van der Waals surface area contributed by atoms with Gasteiger partial charge in [-0.05, 0) is 55.8 Å². The van der Waals surface area contributed by atoms with Gasteiger partial charge in [0, 0.05) is 5.56 Å². The lowest BCUT2D eigenvalue weighted by molar-refractivity contribution is -0.123. The average Bonchev–Trinajstić information content (AvgIpc) is 3.18. The van der Waals surface area contributed by atoms with E-state index in [-0.39, 0.29) is 5.76 Å². The molecule has 1 N–H and O–H groups in total. The quantitative estimate of drug-likeness (QED) is 0.569. The van der Waals surface area contributed by atoms with Crippen molar-refractivity contribution in [2.75, 3.05) is 12.4 Å². The number of hydrogen-bond acceptors (Lipinski definition) is 5. The number of ether oxygens (including phenoxy) is 2. The zero-order valence-electron chi connectivity index (χ0n) is 16.2. The third kappa shape index (κ3) is 4.78. The van der Waals surface area contributed by atoms with E-state index in [4.69, 9.17) is 25.5 Å². The first-order valence-corrected chi connectivity index (χ1v) is 9.28. The molecule has 1 atom stereocenters. The summed E-state index contributed by atoms with van der Waals surface area (Å²) in [4.78, 5) is 24.8. The third-order valence-electron chi connectivity index (χ3n) is 4.21. The van der Waals surface area contributed by atoms with Crippen molar-refractivity contribution in [3.63, 3.8) is 0 Å². The molecule has 0 bridgehead atoms. The fraction of sp³-hybridized carbons (Fsp3) is 0.182. The molecule has 150 valence electrons. The zero-order valence-corrected chi connectivity index (χ0v) is 16.9. The van der Waals surface area contributed by atoms with E-state index in [2.05, 4.69) is 5.32 Å². The molecule has 1 heterocycles. The van der Waals surface area contributed by atoms with Crippen LogP contribution in [0.3, 0.4) is 0 Å². The molecule has 1 aromatic heterocycles. The van der Waals surface area contributed by atoms with E-state index in [9.17, 15) is 9.59 Å². The fourth-order valence-corrected chi connectivity index (χ4v) is 2.91. The lowest BCUT2D eigenvalue weighted by Crippen LogP contribution is -2.30. The van der Waals surface area contributed by atoms with Gasteiger partial charge in [0.1, 0.15) is 11.5 Å². The second-order valence-corrected chi connectivity index (χ2v) is 6.79. The van der Waals surface area contributed by atoms with Crippen LogP contribution in [0.25, 0.3) is 11.3 Å². The zero-order chi connectivity index (χ0) is 21.0. The van der Waals surface area contributed by atoms with E-state index in [1.807, 2.05) is 19.1 Å². The Bertz CT molecular complexity index is 1040. The highest BCUT2D eigenvalue weighted by molar-refractivity contribution is 6.33. The molecule has 29 heavy (non-hydrogen) atoms. The van der Waals surface area contributed by atoms with E-state index in [1.165, 1.54) is 20.1 Å². The Labute approximate surface area is 173 Å². The Morgan fingerprint density at radius 1 is 1.10 bits per heavy atom. The molecular weight excluding hydrogens is 394 g/mol. The number of esters is 1. The van der Waals surface area contributed by atoms with E-state index < -0.39 is 18.0 Å². The van der Waals surface area contributed by atoms with E-state index in [0.717, 1.165) is 5.56 Å². The largest absolute Gasteiger partial charge is 0.495 e. The normalized spacial score (nSPS) is 11.6. The first-order valence-electron chi connectivity index (χ1n) is 8.90. The van der Waals surface area contributed by atoms with Crippen molar-refractivity contribution in [3.05, 3.63) is 70.9 Å². The number of hydrogen-bond donors (Lipinski definition) is 1. The highest BCUT2D eigenvalue weighted by atomic mass is 35.5. The molecule has 2 aromatic carbocycles. The smallest absolute Gasteiger partial charge is 0.375 e. The average molecular weight is 414 g/mol. The second-order valence-electron chi connectivity index (χ2n) is 6.38. The lowest BCUT2D eigenvalue weighted by atomic mass is 10.2. The van der Waals surface area contributed by atoms with Crippen LogP contribution in [0.4, 0.5) is 5.69 Å². The number of anilines is 1. The van der Waals surface area contributed by atoms with Gasteiger partial charge in [-0.1, -0.05) is 29.8 Å². The standard InChI is InChI=1S/C22H20ClNO5/c1-13-8-9-19(27-3)17(12-13)24-21(25)14(2)28-22(26)20-11-10-18(29-20)15-6-4-5-7-16(15)23/h4-12,14H,1-3H3,(H,24,25). The topological polar surface area (TPSA) is 77.8 Å². The number of nitrogens with one attached hydrogen (secondary N) is 1. The first kappa shape index (κ1) is 20.5. The summed E-state index contributed by atoms with van der Waals surface area (Å²) in [5.41, 5.74) is 2.11. The molecule has 0 aliphatic heterocycles. The minimum atomic E-state index is -1.04. The first-order chi connectivity index (χ1) is 13.9. The molecule has 0 spiro atoms. The lowest BCUT2D eigenvalue weighted by Gasteiger charge is -2.15. The van der Waals surface area contributed by atoms with E-state index >= 15 is 0 Å². The molecule has 3 aromatic rings. The van der Waals surface area contributed by atoms with Crippen molar-refractivity contribution < 1.29 is 23.5 Å². The Morgan fingerprint density at radius 3 is 2.59 bits per heavy atom. The number of aryl methyl sites for hydroxylation is 1. The highest BCUT2D eigenvalue weighted by Crippen LogP contribution is 2.29. The number of methoxy groups -OCH3 is 1. The van der Waals surface area contributed by atoms with Crippen molar-refractivity contribution in [1.82, 2.24) is 0 Å². The fourth-order valence-electron chi connectivity index (χ4n) is 2.68. The van der Waals surface area contributed by atoms with Crippen molar-refractivity contribution in [2.45, 2.75) is 20.0 Å². The van der Waals surface area contributed by atoms with Gasteiger partial charge in [-0.25, -0.2) is 4.79 Å². The second kappa shape index (κ2) is 8.84. The van der Waals surface area contributed by atoms with Crippen LogP contribution in [-0.2, 0) is 9.53 Å². The number of benzene rings is 2.